The van der Waals surface area contributed by atoms with Gasteiger partial charge in [-0.3, -0.25) is 14.3 Å². The molecular weight excluding hydrogens is 571 g/mol. The van der Waals surface area contributed by atoms with Gasteiger partial charge in [-0.1, -0.05) is 6.08 Å². The van der Waals surface area contributed by atoms with Gasteiger partial charge in [0.2, 0.25) is 0 Å². The molecule has 2 heterocycles. The number of carbonyl (C=O) groups excluding carboxylic acids is 2. The molecule has 0 radical (unpaired) electrons. The highest BCUT2D eigenvalue weighted by Crippen LogP contribution is 2.29. The highest BCUT2D eigenvalue weighted by Gasteiger charge is 2.25. The highest BCUT2D eigenvalue weighted by molar-refractivity contribution is 6.00. The van der Waals surface area contributed by atoms with Gasteiger partial charge >= 0.3 is 0 Å². The van der Waals surface area contributed by atoms with Gasteiger partial charge in [0.15, 0.2) is 0 Å². The molecule has 2 aliphatic rings. The van der Waals surface area contributed by atoms with Crippen LogP contribution in [0.4, 0.5) is 4.39 Å². The zero-order valence-corrected chi connectivity index (χ0v) is 25.6. The summed E-state index contributed by atoms with van der Waals surface area (Å²) >= 11 is 0. The number of amides is 2. The van der Waals surface area contributed by atoms with Gasteiger partial charge in [-0.2, -0.15) is 5.10 Å². The maximum Gasteiger partial charge on any atom is 0.253 e. The third-order valence-electron chi connectivity index (χ3n) is 8.72. The average Bonchev–Trinajstić information content (AvgIpc) is 3.80. The molecule has 234 valence electrons. The van der Waals surface area contributed by atoms with Crippen molar-refractivity contribution in [1.29, 1.82) is 0 Å². The molecule has 1 N–H and O–H groups in total. The number of hydrogen-bond donors (Lipinski definition) is 1. The summed E-state index contributed by atoms with van der Waals surface area (Å²) in [5.74, 6) is 1.72. The van der Waals surface area contributed by atoms with Crippen LogP contribution < -0.4 is 10.1 Å². The summed E-state index contributed by atoms with van der Waals surface area (Å²) < 4.78 is 26.7. The quantitative estimate of drug-likeness (QED) is 0.184. The van der Waals surface area contributed by atoms with Crippen molar-refractivity contribution in [3.8, 4) is 11.5 Å². The van der Waals surface area contributed by atoms with E-state index in [-0.39, 0.29) is 23.7 Å². The number of nitrogens with zero attached hydrogens (tertiary/aromatic N) is 3. The maximum absolute atomic E-state index is 13.2. The van der Waals surface area contributed by atoms with Gasteiger partial charge in [0.25, 0.3) is 11.8 Å². The fourth-order valence-corrected chi connectivity index (χ4v) is 5.73. The number of ether oxygens (including phenoxy) is 2. The smallest absolute Gasteiger partial charge is 0.253 e. The summed E-state index contributed by atoms with van der Waals surface area (Å²) in [5.41, 5.74) is 3.01. The van der Waals surface area contributed by atoms with Crippen LogP contribution in [-0.2, 0) is 11.3 Å². The van der Waals surface area contributed by atoms with Gasteiger partial charge in [0.05, 0.1) is 18.2 Å². The minimum absolute atomic E-state index is 0.00178. The van der Waals surface area contributed by atoms with E-state index in [0.717, 1.165) is 42.5 Å². The molecule has 0 bridgehead atoms. The Labute approximate surface area is 262 Å². The SMILES string of the molecule is C=CC(CNC(=O)c1ccc2nn(CC3CCN(C(=O)c4ccc(Oc5ccc(F)cc5)cc4)CC3)cc2c1C)OCC1CC1. The first kappa shape index (κ1) is 30.5. The Kier molecular flexibility index (Phi) is 9.26. The Balaban J connectivity index is 1.00. The van der Waals surface area contributed by atoms with Crippen molar-refractivity contribution in [3.05, 3.63) is 102 Å². The van der Waals surface area contributed by atoms with E-state index < -0.39 is 0 Å². The molecule has 9 heteroatoms. The van der Waals surface area contributed by atoms with Crippen LogP contribution in [0.2, 0.25) is 0 Å². The number of halogens is 1. The Bertz CT molecular complexity index is 1660. The number of aromatic nitrogens is 2. The first-order chi connectivity index (χ1) is 21.9. The van der Waals surface area contributed by atoms with Gasteiger partial charge in [-0.25, -0.2) is 4.39 Å². The highest BCUT2D eigenvalue weighted by atomic mass is 19.1. The molecule has 2 fully saturated rings. The molecule has 1 aliphatic carbocycles. The lowest BCUT2D eigenvalue weighted by Crippen LogP contribution is -2.39. The van der Waals surface area contributed by atoms with Gasteiger partial charge in [-0.15, -0.1) is 6.58 Å². The summed E-state index contributed by atoms with van der Waals surface area (Å²) in [7, 11) is 0. The fraction of sp³-hybridized carbons (Fsp3) is 0.361. The summed E-state index contributed by atoms with van der Waals surface area (Å²) in [4.78, 5) is 28.1. The van der Waals surface area contributed by atoms with E-state index in [1.807, 2.05) is 34.8 Å². The zero-order valence-electron chi connectivity index (χ0n) is 25.6. The molecule has 45 heavy (non-hydrogen) atoms. The lowest BCUT2D eigenvalue weighted by atomic mass is 9.96. The second kappa shape index (κ2) is 13.6. The second-order valence-electron chi connectivity index (χ2n) is 12.1. The summed E-state index contributed by atoms with van der Waals surface area (Å²) in [5, 5.41) is 8.75. The largest absolute Gasteiger partial charge is 0.457 e. The number of rotatable bonds is 12. The molecule has 6 rings (SSSR count). The van der Waals surface area contributed by atoms with Crippen LogP contribution >= 0.6 is 0 Å². The Hall–Kier alpha value is -4.50. The predicted molar refractivity (Wildman–Crippen MR) is 171 cm³/mol. The average molecular weight is 611 g/mol. The van der Waals surface area contributed by atoms with E-state index in [9.17, 15) is 14.0 Å². The molecule has 8 nitrogen and oxygen atoms in total. The van der Waals surface area contributed by atoms with Crippen LogP contribution in [0.15, 0.2) is 79.5 Å². The number of hydrogen-bond acceptors (Lipinski definition) is 5. The van der Waals surface area contributed by atoms with E-state index in [4.69, 9.17) is 14.6 Å². The van der Waals surface area contributed by atoms with Gasteiger partial charge in [0, 0.05) is 48.9 Å². The van der Waals surface area contributed by atoms with E-state index in [1.165, 1.54) is 25.0 Å². The molecule has 3 aromatic carbocycles. The molecule has 1 atom stereocenters. The lowest BCUT2D eigenvalue weighted by Gasteiger charge is -2.32. The Morgan fingerprint density at radius 2 is 1.69 bits per heavy atom. The second-order valence-corrected chi connectivity index (χ2v) is 12.1. The minimum atomic E-state index is -0.321. The molecule has 4 aromatic rings. The molecule has 1 saturated heterocycles. The van der Waals surface area contributed by atoms with Crippen LogP contribution in [0.5, 0.6) is 11.5 Å². The number of aryl methyl sites for hydroxylation is 1. The summed E-state index contributed by atoms with van der Waals surface area (Å²) in [6, 6.07) is 16.6. The molecular formula is C36H39FN4O4. The predicted octanol–water partition coefficient (Wildman–Crippen LogP) is 6.54. The van der Waals surface area contributed by atoms with Crippen molar-refractivity contribution in [2.75, 3.05) is 26.2 Å². The molecule has 1 saturated carbocycles. The summed E-state index contributed by atoms with van der Waals surface area (Å²) in [6.07, 6.45) is 7.78. The van der Waals surface area contributed by atoms with Crippen LogP contribution in [0.3, 0.4) is 0 Å². The standard InChI is InChI=1S/C36H39FN4O4/c1-3-29(44-23-26-4-5-26)20-38-35(42)32-14-15-34-33(24(32)2)22-41(39-34)21-25-16-18-40(19-17-25)36(43)27-6-10-30(11-7-27)45-31-12-8-28(37)9-13-31/h3,6-15,22,25-26,29H,1,4-5,16-21,23H2,2H3,(H,38,42). The summed E-state index contributed by atoms with van der Waals surface area (Å²) in [6.45, 7) is 9.03. The number of likely N-dealkylation sites (tertiary alicyclic amines) is 1. The van der Waals surface area contributed by atoms with Crippen LogP contribution in [-0.4, -0.2) is 58.8 Å². The van der Waals surface area contributed by atoms with Crippen LogP contribution in [0.25, 0.3) is 10.9 Å². The molecule has 1 unspecified atom stereocenters. The monoisotopic (exact) mass is 610 g/mol. The number of fused-ring (bicyclic) bond motifs is 1. The Morgan fingerprint density at radius 1 is 1.00 bits per heavy atom. The van der Waals surface area contributed by atoms with E-state index in [1.54, 1.807) is 42.5 Å². The fourth-order valence-electron chi connectivity index (χ4n) is 5.73. The number of carbonyl (C=O) groups is 2. The van der Waals surface area contributed by atoms with E-state index in [0.29, 0.717) is 54.1 Å². The van der Waals surface area contributed by atoms with Crippen molar-refractivity contribution in [2.24, 2.45) is 11.8 Å². The van der Waals surface area contributed by atoms with Crippen LogP contribution in [0.1, 0.15) is 52.0 Å². The first-order valence-corrected chi connectivity index (χ1v) is 15.7. The van der Waals surface area contributed by atoms with Crippen molar-refractivity contribution in [1.82, 2.24) is 20.0 Å². The zero-order chi connectivity index (χ0) is 31.3. The van der Waals surface area contributed by atoms with Crippen molar-refractivity contribution >= 4 is 22.7 Å². The number of piperidine rings is 1. The normalized spacial score (nSPS) is 16.0. The molecule has 0 spiro atoms. The topological polar surface area (TPSA) is 85.7 Å². The number of benzene rings is 3. The molecule has 1 aliphatic heterocycles. The van der Waals surface area contributed by atoms with Gasteiger partial charge in [-0.05, 0) is 111 Å². The van der Waals surface area contributed by atoms with Crippen LogP contribution in [0, 0.1) is 24.6 Å². The molecule has 2 amide bonds. The number of nitrogens with one attached hydrogen (secondary N) is 1. The Morgan fingerprint density at radius 3 is 2.36 bits per heavy atom. The van der Waals surface area contributed by atoms with Crippen molar-refractivity contribution < 1.29 is 23.5 Å². The van der Waals surface area contributed by atoms with Gasteiger partial charge < -0.3 is 19.7 Å². The lowest BCUT2D eigenvalue weighted by molar-refractivity contribution is 0.0681. The van der Waals surface area contributed by atoms with Crippen molar-refractivity contribution in [3.63, 3.8) is 0 Å². The third-order valence-corrected chi connectivity index (χ3v) is 8.72. The minimum Gasteiger partial charge on any atom is -0.457 e. The first-order valence-electron chi connectivity index (χ1n) is 15.7. The maximum atomic E-state index is 13.2. The van der Waals surface area contributed by atoms with Gasteiger partial charge in [0.1, 0.15) is 17.3 Å². The molecule has 1 aromatic heterocycles. The van der Waals surface area contributed by atoms with E-state index >= 15 is 0 Å². The van der Waals surface area contributed by atoms with E-state index in [2.05, 4.69) is 11.9 Å². The van der Waals surface area contributed by atoms with Crippen molar-refractivity contribution in [2.45, 2.75) is 45.3 Å². The third kappa shape index (κ3) is 7.60.